The molecule has 0 radical (unpaired) electrons. The summed E-state index contributed by atoms with van der Waals surface area (Å²) in [6.07, 6.45) is 0.475. The summed E-state index contributed by atoms with van der Waals surface area (Å²) in [6.45, 7) is 0. The summed E-state index contributed by atoms with van der Waals surface area (Å²) in [7, 11) is 2.74. The van der Waals surface area contributed by atoms with Gasteiger partial charge in [-0.1, -0.05) is 18.2 Å². The van der Waals surface area contributed by atoms with Crippen LogP contribution in [0.25, 0.3) is 11.1 Å². The van der Waals surface area contributed by atoms with Gasteiger partial charge in [0.15, 0.2) is 17.8 Å². The van der Waals surface area contributed by atoms with Gasteiger partial charge in [0.2, 0.25) is 5.75 Å². The Labute approximate surface area is 126 Å². The van der Waals surface area contributed by atoms with E-state index in [1.54, 1.807) is 18.2 Å². The van der Waals surface area contributed by atoms with Crippen molar-refractivity contribution >= 4 is 12.3 Å². The smallest absolute Gasteiger partial charge is 0.337 e. The number of phenolic OH excluding ortho intramolecular Hbond substituents is 1. The van der Waals surface area contributed by atoms with Gasteiger partial charge in [-0.05, 0) is 12.1 Å². The standard InChI is InChI=1S/C16H14O6/c1-21-12-7-6-11(15(22-2)14(12)18)10-5-3-4-9(8-17)13(10)16(19)20/h3-8,18H,1-2H3,(H,19,20). The molecule has 0 heterocycles. The molecule has 0 aliphatic carbocycles. The Bertz CT molecular complexity index is 736. The number of hydrogen-bond donors (Lipinski definition) is 2. The van der Waals surface area contributed by atoms with Crippen molar-refractivity contribution in [1.82, 2.24) is 0 Å². The third-order valence-electron chi connectivity index (χ3n) is 3.25. The molecule has 0 atom stereocenters. The number of methoxy groups -OCH3 is 2. The fourth-order valence-electron chi connectivity index (χ4n) is 2.27. The molecular formula is C16H14O6. The summed E-state index contributed by atoms with van der Waals surface area (Å²) < 4.78 is 10.2. The van der Waals surface area contributed by atoms with Gasteiger partial charge in [0.25, 0.3) is 0 Å². The molecule has 0 saturated carbocycles. The minimum absolute atomic E-state index is 0.0439. The van der Waals surface area contributed by atoms with Gasteiger partial charge < -0.3 is 19.7 Å². The Kier molecular flexibility index (Phi) is 4.31. The van der Waals surface area contributed by atoms with Crippen LogP contribution in [-0.2, 0) is 0 Å². The van der Waals surface area contributed by atoms with Gasteiger partial charge in [-0.2, -0.15) is 0 Å². The van der Waals surface area contributed by atoms with E-state index in [1.165, 1.54) is 26.4 Å². The van der Waals surface area contributed by atoms with Crippen molar-refractivity contribution in [1.29, 1.82) is 0 Å². The van der Waals surface area contributed by atoms with Gasteiger partial charge in [-0.15, -0.1) is 0 Å². The van der Waals surface area contributed by atoms with Crippen molar-refractivity contribution in [2.24, 2.45) is 0 Å². The highest BCUT2D eigenvalue weighted by Gasteiger charge is 2.22. The molecule has 2 aromatic carbocycles. The second-order valence-electron chi connectivity index (χ2n) is 4.39. The predicted octanol–water partition coefficient (Wildman–Crippen LogP) is 2.59. The summed E-state index contributed by atoms with van der Waals surface area (Å²) >= 11 is 0. The Balaban J connectivity index is 2.80. The fraction of sp³-hybridized carbons (Fsp3) is 0.125. The van der Waals surface area contributed by atoms with Crippen LogP contribution in [0.5, 0.6) is 17.2 Å². The lowest BCUT2D eigenvalue weighted by Gasteiger charge is -2.15. The molecule has 6 nitrogen and oxygen atoms in total. The zero-order chi connectivity index (χ0) is 16.3. The van der Waals surface area contributed by atoms with Crippen LogP contribution in [-0.4, -0.2) is 36.7 Å². The van der Waals surface area contributed by atoms with Gasteiger partial charge in [-0.25, -0.2) is 4.79 Å². The first kappa shape index (κ1) is 15.4. The number of rotatable bonds is 5. The van der Waals surface area contributed by atoms with Crippen LogP contribution in [0.3, 0.4) is 0 Å². The van der Waals surface area contributed by atoms with Crippen LogP contribution in [0, 0.1) is 0 Å². The number of ether oxygens (including phenoxy) is 2. The SMILES string of the molecule is COc1ccc(-c2cccc(C=O)c2C(=O)O)c(OC)c1O. The molecule has 0 bridgehead atoms. The third-order valence-corrected chi connectivity index (χ3v) is 3.25. The predicted molar refractivity (Wildman–Crippen MR) is 79.0 cm³/mol. The van der Waals surface area contributed by atoms with Gasteiger partial charge in [-0.3, -0.25) is 4.79 Å². The molecule has 2 N–H and O–H groups in total. The lowest BCUT2D eigenvalue weighted by atomic mass is 9.94. The van der Waals surface area contributed by atoms with Crippen molar-refractivity contribution in [2.75, 3.05) is 14.2 Å². The van der Waals surface area contributed by atoms with Gasteiger partial charge in [0, 0.05) is 16.7 Å². The van der Waals surface area contributed by atoms with Crippen molar-refractivity contribution < 1.29 is 29.3 Å². The first-order valence-corrected chi connectivity index (χ1v) is 6.31. The van der Waals surface area contributed by atoms with E-state index in [4.69, 9.17) is 9.47 Å². The van der Waals surface area contributed by atoms with Gasteiger partial charge in [0.05, 0.1) is 19.8 Å². The number of benzene rings is 2. The number of carbonyl (C=O) groups is 2. The Morgan fingerprint density at radius 1 is 1.09 bits per heavy atom. The number of aromatic hydroxyl groups is 1. The van der Waals surface area contributed by atoms with E-state index in [0.29, 0.717) is 11.8 Å². The number of phenols is 1. The molecule has 22 heavy (non-hydrogen) atoms. The lowest BCUT2D eigenvalue weighted by molar-refractivity contribution is 0.0695. The summed E-state index contributed by atoms with van der Waals surface area (Å²) in [4.78, 5) is 22.6. The second kappa shape index (κ2) is 6.17. The summed E-state index contributed by atoms with van der Waals surface area (Å²) in [5.41, 5.74) is 0.511. The quantitative estimate of drug-likeness (QED) is 0.825. The number of aldehydes is 1. The van der Waals surface area contributed by atoms with Crippen LogP contribution in [0.4, 0.5) is 0 Å². The molecule has 0 saturated heterocycles. The Hall–Kier alpha value is -3.02. The van der Waals surface area contributed by atoms with Gasteiger partial charge >= 0.3 is 5.97 Å². The van der Waals surface area contributed by atoms with E-state index >= 15 is 0 Å². The Morgan fingerprint density at radius 2 is 1.82 bits per heavy atom. The molecule has 2 aromatic rings. The molecule has 6 heteroatoms. The number of hydrogen-bond acceptors (Lipinski definition) is 5. The molecule has 0 unspecified atom stereocenters. The highest BCUT2D eigenvalue weighted by Crippen LogP contribution is 2.44. The maximum Gasteiger partial charge on any atom is 0.337 e. The van der Waals surface area contributed by atoms with E-state index in [1.807, 2.05) is 0 Å². The van der Waals surface area contributed by atoms with Crippen molar-refractivity contribution in [2.45, 2.75) is 0 Å². The zero-order valence-corrected chi connectivity index (χ0v) is 12.0. The average molecular weight is 302 g/mol. The van der Waals surface area contributed by atoms with Crippen LogP contribution in [0.2, 0.25) is 0 Å². The maximum absolute atomic E-state index is 11.5. The van der Waals surface area contributed by atoms with Crippen molar-refractivity contribution in [3.63, 3.8) is 0 Å². The van der Waals surface area contributed by atoms with E-state index in [-0.39, 0.29) is 33.9 Å². The third kappa shape index (κ3) is 2.46. The topological polar surface area (TPSA) is 93.1 Å². The minimum Gasteiger partial charge on any atom is -0.502 e. The van der Waals surface area contributed by atoms with Crippen molar-refractivity contribution in [3.05, 3.63) is 41.5 Å². The molecule has 0 aromatic heterocycles. The molecule has 0 fully saturated rings. The monoisotopic (exact) mass is 302 g/mol. The molecule has 0 spiro atoms. The number of aromatic carboxylic acids is 1. The Morgan fingerprint density at radius 3 is 2.36 bits per heavy atom. The average Bonchev–Trinajstić information content (AvgIpc) is 2.53. The normalized spacial score (nSPS) is 10.1. The summed E-state index contributed by atoms with van der Waals surface area (Å²) in [6, 6.07) is 7.57. The van der Waals surface area contributed by atoms with E-state index in [9.17, 15) is 19.8 Å². The van der Waals surface area contributed by atoms with Gasteiger partial charge in [0.1, 0.15) is 0 Å². The van der Waals surface area contributed by atoms with Crippen LogP contribution >= 0.6 is 0 Å². The number of carboxylic acids is 1. The zero-order valence-electron chi connectivity index (χ0n) is 12.0. The molecule has 114 valence electrons. The van der Waals surface area contributed by atoms with Crippen LogP contribution in [0.15, 0.2) is 30.3 Å². The summed E-state index contributed by atoms with van der Waals surface area (Å²) in [5.74, 6) is -1.21. The molecule has 2 rings (SSSR count). The molecule has 0 aliphatic heterocycles. The number of carbonyl (C=O) groups excluding carboxylic acids is 1. The molecule has 0 aliphatic rings. The largest absolute Gasteiger partial charge is 0.502 e. The minimum atomic E-state index is -1.24. The highest BCUT2D eigenvalue weighted by atomic mass is 16.5. The van der Waals surface area contributed by atoms with Crippen molar-refractivity contribution in [3.8, 4) is 28.4 Å². The van der Waals surface area contributed by atoms with E-state index < -0.39 is 5.97 Å². The molecular weight excluding hydrogens is 288 g/mol. The first-order chi connectivity index (χ1) is 10.5. The number of carboxylic acid groups (broad SMARTS) is 1. The summed E-state index contributed by atoms with van der Waals surface area (Å²) in [5, 5.41) is 19.5. The first-order valence-electron chi connectivity index (χ1n) is 6.31. The lowest BCUT2D eigenvalue weighted by Crippen LogP contribution is -2.05. The molecule has 0 amide bonds. The van der Waals surface area contributed by atoms with E-state index in [2.05, 4.69) is 0 Å². The second-order valence-corrected chi connectivity index (χ2v) is 4.39. The van der Waals surface area contributed by atoms with Crippen LogP contribution < -0.4 is 9.47 Å². The fourth-order valence-corrected chi connectivity index (χ4v) is 2.27. The van der Waals surface area contributed by atoms with Crippen LogP contribution in [0.1, 0.15) is 20.7 Å². The highest BCUT2D eigenvalue weighted by molar-refractivity contribution is 6.04. The maximum atomic E-state index is 11.5. The van der Waals surface area contributed by atoms with E-state index in [0.717, 1.165) is 0 Å².